The van der Waals surface area contributed by atoms with Crippen molar-refractivity contribution in [1.29, 1.82) is 0 Å². The molecule has 3 N–H and O–H groups in total. The first-order valence-corrected chi connectivity index (χ1v) is 10.9. The van der Waals surface area contributed by atoms with Crippen LogP contribution in [0.3, 0.4) is 0 Å². The van der Waals surface area contributed by atoms with Crippen LogP contribution in [-0.2, 0) is 4.79 Å². The van der Waals surface area contributed by atoms with Crippen LogP contribution in [-0.4, -0.2) is 38.9 Å². The predicted molar refractivity (Wildman–Crippen MR) is 125 cm³/mol. The molecule has 0 radical (unpaired) electrons. The van der Waals surface area contributed by atoms with Crippen molar-refractivity contribution in [2.75, 3.05) is 25.6 Å². The van der Waals surface area contributed by atoms with E-state index < -0.39 is 0 Å². The Morgan fingerprint density at radius 1 is 1.13 bits per heavy atom. The van der Waals surface area contributed by atoms with Crippen molar-refractivity contribution in [3.8, 4) is 5.75 Å². The number of hydrazine groups is 1. The average Bonchev–Trinajstić information content (AvgIpc) is 3.28. The van der Waals surface area contributed by atoms with Crippen molar-refractivity contribution in [3.05, 3.63) is 59.7 Å². The van der Waals surface area contributed by atoms with Gasteiger partial charge in [-0.2, -0.15) is 5.10 Å². The van der Waals surface area contributed by atoms with Crippen molar-refractivity contribution in [2.45, 2.75) is 44.7 Å². The number of anilines is 1. The first-order valence-electron chi connectivity index (χ1n) is 10.9. The lowest BCUT2D eigenvalue weighted by Gasteiger charge is -2.11. The van der Waals surface area contributed by atoms with Crippen molar-refractivity contribution >= 4 is 17.8 Å². The molecule has 7 nitrogen and oxygen atoms in total. The third kappa shape index (κ3) is 6.80. The predicted octanol–water partition coefficient (Wildman–Crippen LogP) is 3.38. The number of hydrogen-bond acceptors (Lipinski definition) is 6. The van der Waals surface area contributed by atoms with E-state index in [-0.39, 0.29) is 18.0 Å². The molecule has 7 heteroatoms. The summed E-state index contributed by atoms with van der Waals surface area (Å²) in [7, 11) is 3.99. The summed E-state index contributed by atoms with van der Waals surface area (Å²) in [6, 6.07) is 15.7. The van der Waals surface area contributed by atoms with Gasteiger partial charge in [0.1, 0.15) is 11.8 Å². The monoisotopic (exact) mass is 423 g/mol. The van der Waals surface area contributed by atoms with Gasteiger partial charge in [-0.15, -0.1) is 0 Å². The lowest BCUT2D eigenvalue weighted by atomic mass is 10.0. The topological polar surface area (TPSA) is 78.0 Å². The Morgan fingerprint density at radius 2 is 1.87 bits per heavy atom. The van der Waals surface area contributed by atoms with Crippen LogP contribution in [0.25, 0.3) is 0 Å². The van der Waals surface area contributed by atoms with E-state index in [1.54, 1.807) is 6.21 Å². The van der Waals surface area contributed by atoms with Crippen LogP contribution >= 0.6 is 0 Å². The normalized spacial score (nSPS) is 18.3. The molecular formula is C24H33N5O2. The standard InChI is InChI=1S/C24H33N5O2/c1-4-5-6-15-31-21-13-9-19(10-14-21)22-16-23(27-26-22)24(30)28-25-17-18-7-11-20(12-8-18)29(2)3/h7-14,17,22-23,26-27H,4-6,15-16H2,1-3H3,(H,28,30)/b25-17+. The summed E-state index contributed by atoms with van der Waals surface area (Å²) in [6.45, 7) is 2.93. The van der Waals surface area contributed by atoms with Crippen LogP contribution in [0.2, 0.25) is 0 Å². The first-order chi connectivity index (χ1) is 15.1. The van der Waals surface area contributed by atoms with Crippen LogP contribution in [0.15, 0.2) is 53.6 Å². The van der Waals surface area contributed by atoms with E-state index in [0.717, 1.165) is 35.6 Å². The molecule has 1 aliphatic heterocycles. The van der Waals surface area contributed by atoms with Gasteiger partial charge in [-0.25, -0.2) is 16.3 Å². The molecule has 0 saturated carbocycles. The number of rotatable bonds is 10. The van der Waals surface area contributed by atoms with Gasteiger partial charge in [-0.3, -0.25) is 4.79 Å². The third-order valence-corrected chi connectivity index (χ3v) is 5.32. The molecule has 3 rings (SSSR count). The Bertz CT molecular complexity index is 849. The lowest BCUT2D eigenvalue weighted by molar-refractivity contribution is -0.122. The Morgan fingerprint density at radius 3 is 2.55 bits per heavy atom. The Balaban J connectivity index is 1.45. The third-order valence-electron chi connectivity index (χ3n) is 5.32. The largest absolute Gasteiger partial charge is 0.494 e. The van der Waals surface area contributed by atoms with E-state index >= 15 is 0 Å². The fraction of sp³-hybridized carbons (Fsp3) is 0.417. The summed E-state index contributed by atoms with van der Waals surface area (Å²) in [5.74, 6) is 0.722. The maximum Gasteiger partial charge on any atom is 0.258 e. The van der Waals surface area contributed by atoms with Crippen LogP contribution in [0.1, 0.15) is 49.8 Å². The van der Waals surface area contributed by atoms with Crippen LogP contribution < -0.4 is 25.9 Å². The number of hydrazone groups is 1. The molecule has 2 unspecified atom stereocenters. The van der Waals surface area contributed by atoms with E-state index in [2.05, 4.69) is 28.3 Å². The first kappa shape index (κ1) is 22.8. The Labute approximate surface area is 184 Å². The molecule has 1 heterocycles. The molecule has 1 saturated heterocycles. The van der Waals surface area contributed by atoms with Crippen LogP contribution in [0.4, 0.5) is 5.69 Å². The van der Waals surface area contributed by atoms with Crippen molar-refractivity contribution in [3.63, 3.8) is 0 Å². The molecule has 0 aliphatic carbocycles. The number of carbonyl (C=O) groups excluding carboxylic acids is 1. The maximum absolute atomic E-state index is 12.4. The van der Waals surface area contributed by atoms with Crippen molar-refractivity contribution in [2.24, 2.45) is 5.10 Å². The van der Waals surface area contributed by atoms with E-state index in [0.29, 0.717) is 6.42 Å². The minimum Gasteiger partial charge on any atom is -0.494 e. The van der Waals surface area contributed by atoms with E-state index in [9.17, 15) is 4.79 Å². The van der Waals surface area contributed by atoms with Gasteiger partial charge in [0.25, 0.3) is 5.91 Å². The molecular weight excluding hydrogens is 390 g/mol. The number of hydrogen-bond donors (Lipinski definition) is 3. The summed E-state index contributed by atoms with van der Waals surface area (Å²) >= 11 is 0. The van der Waals surface area contributed by atoms with Crippen LogP contribution in [0, 0.1) is 0 Å². The van der Waals surface area contributed by atoms with Gasteiger partial charge in [0.2, 0.25) is 0 Å². The Kier molecular flexibility index (Phi) is 8.44. The van der Waals surface area contributed by atoms with E-state index in [1.807, 2.05) is 67.5 Å². The smallest absolute Gasteiger partial charge is 0.258 e. The van der Waals surface area contributed by atoms with Gasteiger partial charge in [-0.05, 0) is 48.2 Å². The second kappa shape index (κ2) is 11.5. The minimum atomic E-state index is -0.344. The highest BCUT2D eigenvalue weighted by molar-refractivity contribution is 5.85. The second-order valence-corrected chi connectivity index (χ2v) is 7.97. The summed E-state index contributed by atoms with van der Waals surface area (Å²) in [6.07, 6.45) is 5.75. The average molecular weight is 424 g/mol. The molecule has 2 aromatic rings. The summed E-state index contributed by atoms with van der Waals surface area (Å²) in [5, 5.41) is 4.09. The maximum atomic E-state index is 12.4. The molecule has 1 amide bonds. The number of carbonyl (C=O) groups is 1. The van der Waals surface area contributed by atoms with Crippen LogP contribution in [0.5, 0.6) is 5.75 Å². The number of unbranched alkanes of at least 4 members (excludes halogenated alkanes) is 2. The molecule has 166 valence electrons. The van der Waals surface area contributed by atoms with Gasteiger partial charge < -0.3 is 9.64 Å². The molecule has 0 bridgehead atoms. The summed E-state index contributed by atoms with van der Waals surface area (Å²) in [4.78, 5) is 14.5. The van der Waals surface area contributed by atoms with Crippen molar-refractivity contribution < 1.29 is 9.53 Å². The number of nitrogens with one attached hydrogen (secondary N) is 3. The molecule has 1 fully saturated rings. The highest BCUT2D eigenvalue weighted by Crippen LogP contribution is 2.24. The van der Waals surface area contributed by atoms with Gasteiger partial charge in [0.05, 0.1) is 12.8 Å². The highest BCUT2D eigenvalue weighted by Gasteiger charge is 2.30. The molecule has 31 heavy (non-hydrogen) atoms. The lowest BCUT2D eigenvalue weighted by Crippen LogP contribution is -2.41. The molecule has 0 spiro atoms. The quantitative estimate of drug-likeness (QED) is 0.310. The SMILES string of the molecule is CCCCCOc1ccc(C2CC(C(=O)N/N=C/c3ccc(N(C)C)cc3)NN2)cc1. The number of benzene rings is 2. The van der Waals surface area contributed by atoms with Gasteiger partial charge in [-0.1, -0.05) is 44.0 Å². The highest BCUT2D eigenvalue weighted by atomic mass is 16.5. The fourth-order valence-corrected chi connectivity index (χ4v) is 3.39. The fourth-order valence-electron chi connectivity index (χ4n) is 3.39. The second-order valence-electron chi connectivity index (χ2n) is 7.97. The molecule has 1 aliphatic rings. The van der Waals surface area contributed by atoms with E-state index in [1.165, 1.54) is 12.8 Å². The Hall–Kier alpha value is -2.90. The zero-order chi connectivity index (χ0) is 22.1. The zero-order valence-corrected chi connectivity index (χ0v) is 18.6. The molecule has 2 aromatic carbocycles. The summed E-state index contributed by atoms with van der Waals surface area (Å²) < 4.78 is 5.77. The molecule has 0 aromatic heterocycles. The minimum absolute atomic E-state index is 0.0625. The van der Waals surface area contributed by atoms with Gasteiger partial charge in [0.15, 0.2) is 0 Å². The number of ether oxygens (including phenoxy) is 1. The van der Waals surface area contributed by atoms with Crippen molar-refractivity contribution in [1.82, 2.24) is 16.3 Å². The molecule has 2 atom stereocenters. The number of nitrogens with zero attached hydrogens (tertiary/aromatic N) is 2. The summed E-state index contributed by atoms with van der Waals surface area (Å²) in [5.41, 5.74) is 12.0. The zero-order valence-electron chi connectivity index (χ0n) is 18.6. The van der Waals surface area contributed by atoms with E-state index in [4.69, 9.17) is 4.74 Å². The number of amides is 1. The van der Waals surface area contributed by atoms with Gasteiger partial charge in [0, 0.05) is 25.8 Å². The van der Waals surface area contributed by atoms with Gasteiger partial charge >= 0.3 is 0 Å².